The third-order valence-corrected chi connectivity index (χ3v) is 4.06. The van der Waals surface area contributed by atoms with E-state index < -0.39 is 0 Å². The Balaban J connectivity index is 2.03. The summed E-state index contributed by atoms with van der Waals surface area (Å²) < 4.78 is 0. The topological polar surface area (TPSA) is 3.24 Å². The monoisotopic (exact) mass is 283 g/mol. The molecule has 0 bridgehead atoms. The summed E-state index contributed by atoms with van der Waals surface area (Å²) >= 11 is 6.30. The molecule has 2 heteroatoms. The summed E-state index contributed by atoms with van der Waals surface area (Å²) in [5.41, 5.74) is 3.62. The molecular weight excluding hydrogens is 266 g/mol. The van der Waals surface area contributed by atoms with Crippen LogP contribution in [-0.2, 0) is 0 Å². The van der Waals surface area contributed by atoms with Gasteiger partial charge in [0.25, 0.3) is 0 Å². The minimum absolute atomic E-state index is 0.806. The predicted molar refractivity (Wildman–Crippen MR) is 86.6 cm³/mol. The maximum Gasteiger partial charge on any atom is 0.0479 e. The quantitative estimate of drug-likeness (QED) is 0.722. The molecule has 1 saturated heterocycles. The molecule has 1 heterocycles. The van der Waals surface area contributed by atoms with Crippen molar-refractivity contribution in [1.82, 2.24) is 4.90 Å². The van der Waals surface area contributed by atoms with Crippen LogP contribution in [-0.4, -0.2) is 18.0 Å². The van der Waals surface area contributed by atoms with Crippen molar-refractivity contribution in [2.24, 2.45) is 0 Å². The second-order valence-corrected chi connectivity index (χ2v) is 5.52. The predicted octanol–water partition coefficient (Wildman–Crippen LogP) is 4.93. The molecule has 3 rings (SSSR count). The van der Waals surface area contributed by atoms with Crippen LogP contribution in [0.5, 0.6) is 0 Å². The van der Waals surface area contributed by atoms with E-state index in [2.05, 4.69) is 47.4 Å². The third kappa shape index (κ3) is 2.88. The molecule has 1 aliphatic rings. The van der Waals surface area contributed by atoms with Crippen molar-refractivity contribution in [3.63, 3.8) is 0 Å². The van der Waals surface area contributed by atoms with E-state index in [4.69, 9.17) is 11.6 Å². The largest absolute Gasteiger partial charge is 0.371 e. The van der Waals surface area contributed by atoms with E-state index in [1.165, 1.54) is 24.1 Å². The van der Waals surface area contributed by atoms with Gasteiger partial charge in [-0.05, 0) is 36.1 Å². The fourth-order valence-electron chi connectivity index (χ4n) is 2.66. The molecule has 1 nitrogen and oxygen atoms in total. The van der Waals surface area contributed by atoms with Gasteiger partial charge in [-0.1, -0.05) is 60.1 Å². The summed E-state index contributed by atoms with van der Waals surface area (Å²) in [6.45, 7) is 2.26. The molecule has 0 unspecified atom stereocenters. The normalized spacial score (nSPS) is 15.7. The van der Waals surface area contributed by atoms with Gasteiger partial charge in [-0.25, -0.2) is 0 Å². The zero-order valence-electron chi connectivity index (χ0n) is 11.4. The summed E-state index contributed by atoms with van der Waals surface area (Å²) in [7, 11) is 0. The molecule has 0 saturated carbocycles. The fourth-order valence-corrected chi connectivity index (χ4v) is 2.85. The van der Waals surface area contributed by atoms with Gasteiger partial charge >= 0.3 is 0 Å². The number of rotatable bonds is 3. The second-order valence-electron chi connectivity index (χ2n) is 5.11. The third-order valence-electron chi connectivity index (χ3n) is 3.71. The van der Waals surface area contributed by atoms with Crippen LogP contribution in [0.3, 0.4) is 0 Å². The van der Waals surface area contributed by atoms with Gasteiger partial charge in [0.2, 0.25) is 0 Å². The number of nitrogens with zero attached hydrogens (tertiary/aromatic N) is 1. The van der Waals surface area contributed by atoms with Crippen molar-refractivity contribution >= 4 is 23.4 Å². The summed E-state index contributed by atoms with van der Waals surface area (Å²) in [5, 5.41) is 0.806. The van der Waals surface area contributed by atoms with E-state index in [1.807, 2.05) is 18.2 Å². The molecule has 0 aromatic heterocycles. The Hall–Kier alpha value is -1.73. The van der Waals surface area contributed by atoms with Crippen LogP contribution < -0.4 is 0 Å². The molecule has 1 fully saturated rings. The average Bonchev–Trinajstić information content (AvgIpc) is 3.01. The van der Waals surface area contributed by atoms with E-state index in [1.54, 1.807) is 0 Å². The second kappa shape index (κ2) is 6.15. The first-order chi connectivity index (χ1) is 9.84. The van der Waals surface area contributed by atoms with Gasteiger partial charge in [-0.15, -0.1) is 0 Å². The first-order valence-electron chi connectivity index (χ1n) is 7.11. The number of benzene rings is 2. The molecular formula is C18H18ClN. The zero-order chi connectivity index (χ0) is 13.8. The van der Waals surface area contributed by atoms with Crippen molar-refractivity contribution in [3.05, 3.63) is 70.7 Å². The average molecular weight is 284 g/mol. The van der Waals surface area contributed by atoms with Gasteiger partial charge in [0.15, 0.2) is 0 Å². The number of likely N-dealkylation sites (tertiary alicyclic amines) is 1. The fraction of sp³-hybridized carbons (Fsp3) is 0.222. The highest BCUT2D eigenvalue weighted by atomic mass is 35.5. The molecule has 102 valence electrons. The SMILES string of the molecule is Clc1ccccc1C=C(c1ccccc1)N1CCCC1. The lowest BCUT2D eigenvalue weighted by atomic mass is 10.1. The Morgan fingerprint density at radius 1 is 0.900 bits per heavy atom. The number of hydrogen-bond acceptors (Lipinski definition) is 1. The van der Waals surface area contributed by atoms with Crippen LogP contribution in [0.2, 0.25) is 5.02 Å². The van der Waals surface area contributed by atoms with Crippen molar-refractivity contribution in [1.29, 1.82) is 0 Å². The Morgan fingerprint density at radius 3 is 2.25 bits per heavy atom. The van der Waals surface area contributed by atoms with Crippen molar-refractivity contribution in [2.45, 2.75) is 12.8 Å². The van der Waals surface area contributed by atoms with Gasteiger partial charge < -0.3 is 4.90 Å². The molecule has 0 atom stereocenters. The van der Waals surface area contributed by atoms with Crippen LogP contribution in [0.1, 0.15) is 24.0 Å². The van der Waals surface area contributed by atoms with Crippen LogP contribution in [0.15, 0.2) is 54.6 Å². The molecule has 0 spiro atoms. The maximum absolute atomic E-state index is 6.30. The number of hydrogen-bond donors (Lipinski definition) is 0. The molecule has 1 aliphatic heterocycles. The van der Waals surface area contributed by atoms with Crippen LogP contribution >= 0.6 is 11.6 Å². The summed E-state index contributed by atoms with van der Waals surface area (Å²) in [6, 6.07) is 18.6. The van der Waals surface area contributed by atoms with Crippen molar-refractivity contribution in [3.8, 4) is 0 Å². The van der Waals surface area contributed by atoms with E-state index in [9.17, 15) is 0 Å². The Bertz CT molecular complexity index is 598. The van der Waals surface area contributed by atoms with E-state index in [-0.39, 0.29) is 0 Å². The Labute approximate surface area is 125 Å². The van der Waals surface area contributed by atoms with E-state index in [0.717, 1.165) is 23.7 Å². The molecule has 0 radical (unpaired) electrons. The molecule has 0 N–H and O–H groups in total. The van der Waals surface area contributed by atoms with Crippen LogP contribution in [0, 0.1) is 0 Å². The Morgan fingerprint density at radius 2 is 1.55 bits per heavy atom. The minimum Gasteiger partial charge on any atom is -0.371 e. The zero-order valence-corrected chi connectivity index (χ0v) is 12.2. The lowest BCUT2D eigenvalue weighted by Crippen LogP contribution is -2.17. The minimum atomic E-state index is 0.806. The highest BCUT2D eigenvalue weighted by molar-refractivity contribution is 6.32. The molecule has 2 aromatic rings. The summed E-state index contributed by atoms with van der Waals surface area (Å²) in [5.74, 6) is 0. The van der Waals surface area contributed by atoms with Gasteiger partial charge in [-0.2, -0.15) is 0 Å². The van der Waals surface area contributed by atoms with Gasteiger partial charge in [0, 0.05) is 23.8 Å². The van der Waals surface area contributed by atoms with E-state index in [0.29, 0.717) is 0 Å². The molecule has 20 heavy (non-hydrogen) atoms. The smallest absolute Gasteiger partial charge is 0.0479 e. The molecule has 0 aliphatic carbocycles. The van der Waals surface area contributed by atoms with E-state index >= 15 is 0 Å². The van der Waals surface area contributed by atoms with Gasteiger partial charge in [-0.3, -0.25) is 0 Å². The van der Waals surface area contributed by atoms with Crippen LogP contribution in [0.4, 0.5) is 0 Å². The summed E-state index contributed by atoms with van der Waals surface area (Å²) in [6.07, 6.45) is 4.75. The van der Waals surface area contributed by atoms with Crippen LogP contribution in [0.25, 0.3) is 11.8 Å². The van der Waals surface area contributed by atoms with Gasteiger partial charge in [0.05, 0.1) is 0 Å². The molecule has 2 aromatic carbocycles. The lowest BCUT2D eigenvalue weighted by molar-refractivity contribution is 0.495. The van der Waals surface area contributed by atoms with Crippen molar-refractivity contribution < 1.29 is 0 Å². The first-order valence-corrected chi connectivity index (χ1v) is 7.49. The van der Waals surface area contributed by atoms with Gasteiger partial charge in [0.1, 0.15) is 0 Å². The highest BCUT2D eigenvalue weighted by Crippen LogP contribution is 2.28. The Kier molecular flexibility index (Phi) is 4.08. The summed E-state index contributed by atoms with van der Waals surface area (Å²) in [4.78, 5) is 2.46. The first kappa shape index (κ1) is 13.3. The van der Waals surface area contributed by atoms with Crippen molar-refractivity contribution in [2.75, 3.05) is 13.1 Å². The standard InChI is InChI=1S/C18H18ClN/c19-17-11-5-4-10-16(17)14-18(20-12-6-7-13-20)15-8-2-1-3-9-15/h1-5,8-11,14H,6-7,12-13H2. The number of halogens is 1. The maximum atomic E-state index is 6.30. The molecule has 0 amide bonds. The highest BCUT2D eigenvalue weighted by Gasteiger charge is 2.16. The lowest BCUT2D eigenvalue weighted by Gasteiger charge is -2.22.